The maximum atomic E-state index is 11.5. The second kappa shape index (κ2) is 4.52. The van der Waals surface area contributed by atoms with Crippen molar-refractivity contribution in [2.75, 3.05) is 5.32 Å². The second-order valence-electron chi connectivity index (χ2n) is 3.44. The van der Waals surface area contributed by atoms with Crippen LogP contribution >= 0.6 is 0 Å². The summed E-state index contributed by atoms with van der Waals surface area (Å²) in [5, 5.41) is 15.7. The van der Waals surface area contributed by atoms with Crippen LogP contribution in [0.3, 0.4) is 0 Å². The Morgan fingerprint density at radius 1 is 1.38 bits per heavy atom. The topological polar surface area (TPSA) is 83.6 Å². The third-order valence-electron chi connectivity index (χ3n) is 2.05. The third-order valence-corrected chi connectivity index (χ3v) is 2.05. The molecule has 2 aromatic rings. The van der Waals surface area contributed by atoms with E-state index in [1.54, 1.807) is 0 Å². The van der Waals surface area contributed by atoms with Crippen LogP contribution in [0.4, 0.5) is 5.69 Å². The summed E-state index contributed by atoms with van der Waals surface area (Å²) in [6.07, 6.45) is 0.140. The Morgan fingerprint density at radius 3 is 2.75 bits per heavy atom. The van der Waals surface area contributed by atoms with E-state index in [1.807, 2.05) is 31.2 Å². The fourth-order valence-electron chi connectivity index (χ4n) is 1.25. The lowest BCUT2D eigenvalue weighted by Crippen LogP contribution is -2.15. The van der Waals surface area contributed by atoms with E-state index in [9.17, 15) is 4.79 Å². The molecular formula is C10H11N5O. The van der Waals surface area contributed by atoms with Crippen LogP contribution < -0.4 is 5.32 Å². The molecule has 0 aliphatic carbocycles. The molecule has 6 heteroatoms. The molecule has 0 spiro atoms. The summed E-state index contributed by atoms with van der Waals surface area (Å²) in [6, 6.07) is 7.58. The van der Waals surface area contributed by atoms with Gasteiger partial charge in [0.1, 0.15) is 0 Å². The minimum atomic E-state index is -0.151. The Balaban J connectivity index is 1.95. The molecule has 0 unspecified atom stereocenters. The van der Waals surface area contributed by atoms with Gasteiger partial charge in [-0.3, -0.25) is 4.79 Å². The maximum Gasteiger partial charge on any atom is 0.232 e. The molecule has 1 heterocycles. The minimum absolute atomic E-state index is 0.140. The number of carbonyl (C=O) groups excluding carboxylic acids is 1. The van der Waals surface area contributed by atoms with Crippen molar-refractivity contribution in [2.24, 2.45) is 0 Å². The summed E-state index contributed by atoms with van der Waals surface area (Å²) in [5.74, 6) is 0.298. The number of nitrogens with zero attached hydrogens (tertiary/aromatic N) is 3. The molecule has 6 nitrogen and oxygen atoms in total. The number of aromatic nitrogens is 4. The highest BCUT2D eigenvalue weighted by molar-refractivity contribution is 5.91. The summed E-state index contributed by atoms with van der Waals surface area (Å²) >= 11 is 0. The first-order valence-electron chi connectivity index (χ1n) is 4.83. The van der Waals surface area contributed by atoms with Gasteiger partial charge in [-0.1, -0.05) is 17.7 Å². The predicted octanol–water partition coefficient (Wildman–Crippen LogP) is 0.689. The van der Waals surface area contributed by atoms with Gasteiger partial charge in [0.15, 0.2) is 5.82 Å². The maximum absolute atomic E-state index is 11.5. The van der Waals surface area contributed by atoms with Gasteiger partial charge in [0, 0.05) is 5.69 Å². The van der Waals surface area contributed by atoms with E-state index >= 15 is 0 Å². The van der Waals surface area contributed by atoms with Crippen LogP contribution in [0.2, 0.25) is 0 Å². The van der Waals surface area contributed by atoms with Gasteiger partial charge in [-0.05, 0) is 29.5 Å². The minimum Gasteiger partial charge on any atom is -0.326 e. The highest BCUT2D eigenvalue weighted by Crippen LogP contribution is 2.08. The Labute approximate surface area is 92.1 Å². The average Bonchev–Trinajstić information content (AvgIpc) is 2.74. The Kier molecular flexibility index (Phi) is 2.90. The molecule has 2 N–H and O–H groups in total. The van der Waals surface area contributed by atoms with Crippen LogP contribution in [-0.4, -0.2) is 26.5 Å². The van der Waals surface area contributed by atoms with E-state index in [-0.39, 0.29) is 12.3 Å². The average molecular weight is 217 g/mol. The number of tetrazole rings is 1. The monoisotopic (exact) mass is 217 g/mol. The van der Waals surface area contributed by atoms with Crippen LogP contribution in [0.5, 0.6) is 0 Å². The van der Waals surface area contributed by atoms with Crippen LogP contribution in [-0.2, 0) is 11.2 Å². The zero-order valence-corrected chi connectivity index (χ0v) is 8.77. The lowest BCUT2D eigenvalue weighted by molar-refractivity contribution is -0.115. The molecular weight excluding hydrogens is 206 g/mol. The Hall–Kier alpha value is -2.24. The Morgan fingerprint density at radius 2 is 2.12 bits per heavy atom. The predicted molar refractivity (Wildman–Crippen MR) is 57.7 cm³/mol. The van der Waals surface area contributed by atoms with Crippen molar-refractivity contribution in [1.29, 1.82) is 0 Å². The fourth-order valence-corrected chi connectivity index (χ4v) is 1.25. The number of amides is 1. The summed E-state index contributed by atoms with van der Waals surface area (Å²) < 4.78 is 0. The van der Waals surface area contributed by atoms with Crippen molar-refractivity contribution < 1.29 is 4.79 Å². The molecule has 0 saturated carbocycles. The summed E-state index contributed by atoms with van der Waals surface area (Å²) in [4.78, 5) is 11.5. The highest BCUT2D eigenvalue weighted by atomic mass is 16.1. The molecule has 82 valence electrons. The number of aromatic amines is 1. The second-order valence-corrected chi connectivity index (χ2v) is 3.44. The highest BCUT2D eigenvalue weighted by Gasteiger charge is 2.06. The van der Waals surface area contributed by atoms with Gasteiger partial charge in [-0.25, -0.2) is 5.10 Å². The number of nitrogens with one attached hydrogen (secondary N) is 2. The van der Waals surface area contributed by atoms with E-state index in [0.717, 1.165) is 11.3 Å². The lowest BCUT2D eigenvalue weighted by atomic mass is 10.2. The Bertz CT molecular complexity index is 462. The summed E-state index contributed by atoms with van der Waals surface area (Å²) in [6.45, 7) is 1.99. The smallest absolute Gasteiger partial charge is 0.232 e. The molecule has 0 atom stereocenters. The van der Waals surface area contributed by atoms with Gasteiger partial charge in [-0.15, -0.1) is 5.10 Å². The molecule has 0 aliphatic rings. The summed E-state index contributed by atoms with van der Waals surface area (Å²) in [7, 11) is 0. The van der Waals surface area contributed by atoms with E-state index in [0.29, 0.717) is 5.82 Å². The molecule has 1 aromatic heterocycles. The zero-order valence-electron chi connectivity index (χ0n) is 8.77. The van der Waals surface area contributed by atoms with Crippen molar-refractivity contribution in [3.63, 3.8) is 0 Å². The molecule has 0 saturated heterocycles. The summed E-state index contributed by atoms with van der Waals surface area (Å²) in [5.41, 5.74) is 1.92. The first-order chi connectivity index (χ1) is 7.74. The fraction of sp³-hybridized carbons (Fsp3) is 0.200. The van der Waals surface area contributed by atoms with Crippen molar-refractivity contribution in [3.05, 3.63) is 35.7 Å². The number of benzene rings is 1. The van der Waals surface area contributed by atoms with Gasteiger partial charge in [0.25, 0.3) is 0 Å². The van der Waals surface area contributed by atoms with Gasteiger partial charge in [-0.2, -0.15) is 0 Å². The van der Waals surface area contributed by atoms with Gasteiger partial charge in [0.05, 0.1) is 6.42 Å². The third kappa shape index (κ3) is 2.63. The molecule has 1 aromatic carbocycles. The number of hydrogen-bond acceptors (Lipinski definition) is 4. The molecule has 0 bridgehead atoms. The number of anilines is 1. The van der Waals surface area contributed by atoms with Crippen LogP contribution in [0.1, 0.15) is 11.4 Å². The van der Waals surface area contributed by atoms with Gasteiger partial charge < -0.3 is 5.32 Å². The molecule has 16 heavy (non-hydrogen) atoms. The number of aryl methyl sites for hydroxylation is 1. The molecule has 0 radical (unpaired) electrons. The van der Waals surface area contributed by atoms with E-state index in [2.05, 4.69) is 25.9 Å². The SMILES string of the molecule is Cc1ccc(NC(=O)Cc2nnn[nH]2)cc1. The number of carbonyl (C=O) groups is 1. The van der Waals surface area contributed by atoms with Crippen LogP contribution in [0, 0.1) is 6.92 Å². The van der Waals surface area contributed by atoms with Gasteiger partial charge in [0.2, 0.25) is 5.91 Å². The van der Waals surface area contributed by atoms with Crippen molar-refractivity contribution in [1.82, 2.24) is 20.6 Å². The van der Waals surface area contributed by atoms with E-state index in [4.69, 9.17) is 0 Å². The van der Waals surface area contributed by atoms with Crippen molar-refractivity contribution >= 4 is 11.6 Å². The molecule has 2 rings (SSSR count). The van der Waals surface area contributed by atoms with Crippen molar-refractivity contribution in [2.45, 2.75) is 13.3 Å². The standard InChI is InChI=1S/C10H11N5O/c1-7-2-4-8(5-3-7)11-10(16)6-9-12-14-15-13-9/h2-5H,6H2,1H3,(H,11,16)(H,12,13,14,15). The van der Waals surface area contributed by atoms with Gasteiger partial charge >= 0.3 is 0 Å². The molecule has 0 aliphatic heterocycles. The quantitative estimate of drug-likeness (QED) is 0.792. The lowest BCUT2D eigenvalue weighted by Gasteiger charge is -2.03. The normalized spacial score (nSPS) is 10.1. The van der Waals surface area contributed by atoms with E-state index in [1.165, 1.54) is 0 Å². The van der Waals surface area contributed by atoms with Crippen molar-refractivity contribution in [3.8, 4) is 0 Å². The molecule has 0 fully saturated rings. The first-order valence-corrected chi connectivity index (χ1v) is 4.83. The molecule has 1 amide bonds. The largest absolute Gasteiger partial charge is 0.326 e. The van der Waals surface area contributed by atoms with Crippen LogP contribution in [0.25, 0.3) is 0 Å². The first kappa shape index (κ1) is 10.3. The zero-order chi connectivity index (χ0) is 11.4. The number of hydrogen-bond donors (Lipinski definition) is 2. The van der Waals surface area contributed by atoms with E-state index < -0.39 is 0 Å². The number of rotatable bonds is 3. The van der Waals surface area contributed by atoms with Crippen LogP contribution in [0.15, 0.2) is 24.3 Å². The number of H-pyrrole nitrogens is 1.